The van der Waals surface area contributed by atoms with E-state index in [0.717, 1.165) is 18.9 Å². The van der Waals surface area contributed by atoms with Crippen LogP contribution in [0.4, 0.5) is 13.2 Å². The number of carboxylic acids is 1. The maximum absolute atomic E-state index is 12.5. The maximum Gasteiger partial charge on any atom is 0.432 e. The lowest BCUT2D eigenvalue weighted by Gasteiger charge is -2.04. The SMILES string of the molecule is O=C(O)c1cc(CC2CC2)[nH]c1C(F)(F)F. The van der Waals surface area contributed by atoms with Crippen LogP contribution in [0.5, 0.6) is 0 Å². The predicted octanol–water partition coefficient (Wildman–Crippen LogP) is 2.68. The number of aromatic amines is 1. The third-order valence-corrected chi connectivity index (χ3v) is 2.59. The number of carbonyl (C=O) groups is 1. The Morgan fingerprint density at radius 2 is 2.12 bits per heavy atom. The van der Waals surface area contributed by atoms with Crippen molar-refractivity contribution in [2.24, 2.45) is 5.92 Å². The topological polar surface area (TPSA) is 53.1 Å². The Labute approximate surface area is 89.3 Å². The van der Waals surface area contributed by atoms with Crippen LogP contribution >= 0.6 is 0 Å². The predicted molar refractivity (Wildman–Crippen MR) is 49.2 cm³/mol. The van der Waals surface area contributed by atoms with Crippen molar-refractivity contribution in [3.05, 3.63) is 23.0 Å². The first kappa shape index (κ1) is 11.0. The summed E-state index contributed by atoms with van der Waals surface area (Å²) in [5.41, 5.74) is -1.49. The number of rotatable bonds is 3. The van der Waals surface area contributed by atoms with Crippen LogP contribution in [0.2, 0.25) is 0 Å². The molecule has 0 atom stereocenters. The summed E-state index contributed by atoms with van der Waals surface area (Å²) in [5, 5.41) is 8.67. The van der Waals surface area contributed by atoms with Crippen molar-refractivity contribution in [2.75, 3.05) is 0 Å². The normalized spacial score (nSPS) is 16.4. The van der Waals surface area contributed by atoms with Crippen LogP contribution in [0.3, 0.4) is 0 Å². The minimum Gasteiger partial charge on any atom is -0.478 e. The maximum atomic E-state index is 12.5. The second-order valence-electron chi connectivity index (χ2n) is 4.03. The Morgan fingerprint density at radius 3 is 2.50 bits per heavy atom. The van der Waals surface area contributed by atoms with Crippen LogP contribution in [0, 0.1) is 5.92 Å². The van der Waals surface area contributed by atoms with Gasteiger partial charge in [0, 0.05) is 5.69 Å². The van der Waals surface area contributed by atoms with E-state index in [0.29, 0.717) is 18.0 Å². The average Bonchev–Trinajstić information content (AvgIpc) is 2.79. The summed E-state index contributed by atoms with van der Waals surface area (Å²) in [6.07, 6.45) is -2.14. The molecule has 0 saturated heterocycles. The van der Waals surface area contributed by atoms with Crippen molar-refractivity contribution in [3.63, 3.8) is 0 Å². The van der Waals surface area contributed by atoms with Gasteiger partial charge in [-0.2, -0.15) is 13.2 Å². The summed E-state index contributed by atoms with van der Waals surface area (Å²) < 4.78 is 37.4. The van der Waals surface area contributed by atoms with Gasteiger partial charge in [-0.05, 0) is 31.2 Å². The zero-order valence-electron chi connectivity index (χ0n) is 8.27. The standard InChI is InChI=1S/C10H10F3NO2/c11-10(12,13)8-7(9(15)16)4-6(14-8)3-5-1-2-5/h4-5,14H,1-3H2,(H,15,16). The average molecular weight is 233 g/mol. The minimum atomic E-state index is -4.64. The molecule has 2 N–H and O–H groups in total. The molecule has 0 aromatic carbocycles. The fourth-order valence-corrected chi connectivity index (χ4v) is 1.65. The lowest BCUT2D eigenvalue weighted by atomic mass is 10.2. The van der Waals surface area contributed by atoms with Gasteiger partial charge in [0.2, 0.25) is 0 Å². The van der Waals surface area contributed by atoms with Gasteiger partial charge < -0.3 is 10.1 Å². The van der Waals surface area contributed by atoms with E-state index in [2.05, 4.69) is 4.98 Å². The lowest BCUT2D eigenvalue weighted by Crippen LogP contribution is -2.11. The minimum absolute atomic E-state index is 0.354. The first-order valence-corrected chi connectivity index (χ1v) is 4.90. The molecule has 0 bridgehead atoms. The van der Waals surface area contributed by atoms with E-state index in [1.165, 1.54) is 0 Å². The summed E-state index contributed by atoms with van der Waals surface area (Å²) >= 11 is 0. The summed E-state index contributed by atoms with van der Waals surface area (Å²) in [4.78, 5) is 12.8. The molecule has 16 heavy (non-hydrogen) atoms. The van der Waals surface area contributed by atoms with E-state index in [4.69, 9.17) is 5.11 Å². The van der Waals surface area contributed by atoms with Crippen molar-refractivity contribution in [1.29, 1.82) is 0 Å². The zero-order chi connectivity index (χ0) is 11.9. The molecule has 0 radical (unpaired) electrons. The Balaban J connectivity index is 2.32. The highest BCUT2D eigenvalue weighted by Crippen LogP contribution is 2.36. The number of carboxylic acid groups (broad SMARTS) is 1. The molecule has 1 saturated carbocycles. The molecule has 1 aromatic heterocycles. The Hall–Kier alpha value is -1.46. The molecule has 1 heterocycles. The second kappa shape index (κ2) is 3.54. The van der Waals surface area contributed by atoms with E-state index >= 15 is 0 Å². The second-order valence-corrected chi connectivity index (χ2v) is 4.03. The van der Waals surface area contributed by atoms with Gasteiger partial charge in [0.05, 0.1) is 5.56 Å². The van der Waals surface area contributed by atoms with E-state index in [-0.39, 0.29) is 0 Å². The number of aromatic carboxylic acids is 1. The Morgan fingerprint density at radius 1 is 1.50 bits per heavy atom. The van der Waals surface area contributed by atoms with Crippen LogP contribution in [-0.2, 0) is 12.6 Å². The van der Waals surface area contributed by atoms with Gasteiger partial charge in [0.25, 0.3) is 0 Å². The molecule has 0 spiro atoms. The van der Waals surface area contributed by atoms with Crippen molar-refractivity contribution in [3.8, 4) is 0 Å². The Kier molecular flexibility index (Phi) is 2.44. The summed E-state index contributed by atoms with van der Waals surface area (Å²) in [6, 6.07) is 1.09. The first-order chi connectivity index (χ1) is 7.38. The molecule has 1 aliphatic rings. The van der Waals surface area contributed by atoms with E-state index in [1.807, 2.05) is 0 Å². The van der Waals surface area contributed by atoms with Gasteiger partial charge in [0.15, 0.2) is 0 Å². The molecule has 88 valence electrons. The quantitative estimate of drug-likeness (QED) is 0.843. The third kappa shape index (κ3) is 2.20. The van der Waals surface area contributed by atoms with Crippen LogP contribution in [0.1, 0.15) is 34.6 Å². The van der Waals surface area contributed by atoms with Crippen molar-refractivity contribution >= 4 is 5.97 Å². The van der Waals surface area contributed by atoms with Gasteiger partial charge >= 0.3 is 12.1 Å². The van der Waals surface area contributed by atoms with Gasteiger partial charge in [-0.25, -0.2) is 4.79 Å². The van der Waals surface area contributed by atoms with Gasteiger partial charge in [0.1, 0.15) is 5.69 Å². The van der Waals surface area contributed by atoms with Crippen LogP contribution in [-0.4, -0.2) is 16.1 Å². The van der Waals surface area contributed by atoms with Gasteiger partial charge in [-0.1, -0.05) is 0 Å². The van der Waals surface area contributed by atoms with Crippen LogP contribution < -0.4 is 0 Å². The molecule has 2 rings (SSSR count). The fraction of sp³-hybridized carbons (Fsp3) is 0.500. The third-order valence-electron chi connectivity index (χ3n) is 2.59. The number of hydrogen-bond acceptors (Lipinski definition) is 1. The highest BCUT2D eigenvalue weighted by atomic mass is 19.4. The van der Waals surface area contributed by atoms with Crippen molar-refractivity contribution < 1.29 is 23.1 Å². The molecule has 1 fully saturated rings. The van der Waals surface area contributed by atoms with E-state index < -0.39 is 23.4 Å². The smallest absolute Gasteiger partial charge is 0.432 e. The number of halogens is 3. The van der Waals surface area contributed by atoms with Crippen LogP contribution in [0.15, 0.2) is 6.07 Å². The summed E-state index contributed by atoms with van der Waals surface area (Å²) in [5.74, 6) is -1.15. The molecule has 0 aliphatic heterocycles. The van der Waals surface area contributed by atoms with E-state index in [9.17, 15) is 18.0 Å². The molecule has 1 aliphatic carbocycles. The summed E-state index contributed by atoms with van der Waals surface area (Å²) in [7, 11) is 0. The number of nitrogens with one attached hydrogen (secondary N) is 1. The zero-order valence-corrected chi connectivity index (χ0v) is 8.27. The van der Waals surface area contributed by atoms with E-state index in [1.54, 1.807) is 0 Å². The molecule has 3 nitrogen and oxygen atoms in total. The molecule has 0 unspecified atom stereocenters. The molecular formula is C10H10F3NO2. The number of alkyl halides is 3. The van der Waals surface area contributed by atoms with Crippen molar-refractivity contribution in [1.82, 2.24) is 4.98 Å². The first-order valence-electron chi connectivity index (χ1n) is 4.90. The van der Waals surface area contributed by atoms with Crippen LogP contribution in [0.25, 0.3) is 0 Å². The summed E-state index contributed by atoms with van der Waals surface area (Å²) in [6.45, 7) is 0. The molecule has 1 aromatic rings. The number of hydrogen-bond donors (Lipinski definition) is 2. The number of aromatic nitrogens is 1. The molecule has 0 amide bonds. The lowest BCUT2D eigenvalue weighted by molar-refractivity contribution is -0.141. The van der Waals surface area contributed by atoms with Gasteiger partial charge in [-0.15, -0.1) is 0 Å². The molecule has 6 heteroatoms. The largest absolute Gasteiger partial charge is 0.478 e. The highest BCUT2D eigenvalue weighted by molar-refractivity contribution is 5.89. The number of H-pyrrole nitrogens is 1. The highest BCUT2D eigenvalue weighted by Gasteiger charge is 2.38. The fourth-order valence-electron chi connectivity index (χ4n) is 1.65. The molecular weight excluding hydrogens is 223 g/mol. The Bertz CT molecular complexity index is 418. The van der Waals surface area contributed by atoms with Gasteiger partial charge in [-0.3, -0.25) is 0 Å². The van der Waals surface area contributed by atoms with Crippen molar-refractivity contribution in [2.45, 2.75) is 25.4 Å². The monoisotopic (exact) mass is 233 g/mol.